The van der Waals surface area contributed by atoms with Crippen LogP contribution < -0.4 is 4.90 Å². The van der Waals surface area contributed by atoms with Gasteiger partial charge in [-0.1, -0.05) is 74.9 Å². The average Bonchev–Trinajstić information content (AvgIpc) is 2.79. The first-order valence-electron chi connectivity index (χ1n) is 12.2. The number of fused-ring (bicyclic) bond motifs is 1. The molecule has 0 spiro atoms. The molecule has 0 aromatic heterocycles. The molecule has 0 radical (unpaired) electrons. The van der Waals surface area contributed by atoms with Crippen molar-refractivity contribution in [3.63, 3.8) is 0 Å². The summed E-state index contributed by atoms with van der Waals surface area (Å²) in [6.07, 6.45) is 2.23. The van der Waals surface area contributed by atoms with Crippen LogP contribution in [-0.2, 0) is 12.0 Å². The van der Waals surface area contributed by atoms with Gasteiger partial charge in [0.2, 0.25) is 0 Å². The van der Waals surface area contributed by atoms with E-state index in [4.69, 9.17) is 0 Å². The number of anilines is 1. The van der Waals surface area contributed by atoms with Crippen LogP contribution in [0.1, 0.15) is 56.2 Å². The van der Waals surface area contributed by atoms with Crippen molar-refractivity contribution >= 4 is 11.8 Å². The lowest BCUT2D eigenvalue weighted by Gasteiger charge is -2.42. The minimum absolute atomic E-state index is 0.334. The van der Waals surface area contributed by atoms with Crippen LogP contribution in [-0.4, -0.2) is 48.0 Å². The summed E-state index contributed by atoms with van der Waals surface area (Å²) in [6.45, 7) is 6.36. The predicted molar refractivity (Wildman–Crippen MR) is 132 cm³/mol. The molecule has 34 heavy (non-hydrogen) atoms. The highest BCUT2D eigenvalue weighted by atomic mass is 19.4. The number of aliphatic hydroxyl groups is 1. The molecule has 2 aliphatic rings. The quantitative estimate of drug-likeness (QED) is 0.522. The fourth-order valence-electron chi connectivity index (χ4n) is 5.33. The molecule has 1 saturated heterocycles. The highest BCUT2D eigenvalue weighted by molar-refractivity contribution is 5.71. The maximum atomic E-state index is 14.4. The van der Waals surface area contributed by atoms with Gasteiger partial charge < -0.3 is 10.0 Å². The maximum Gasteiger partial charge on any atom is 0.418 e. The monoisotopic (exact) mass is 472 g/mol. The molecule has 0 bridgehead atoms. The van der Waals surface area contributed by atoms with Gasteiger partial charge in [0.25, 0.3) is 0 Å². The van der Waals surface area contributed by atoms with E-state index in [-0.39, 0.29) is 0 Å². The Hall–Kier alpha value is -2.31. The summed E-state index contributed by atoms with van der Waals surface area (Å²) in [7, 11) is 0. The molecular formula is C28H35F3N2O. The van der Waals surface area contributed by atoms with Gasteiger partial charge >= 0.3 is 6.18 Å². The Morgan fingerprint density at radius 1 is 0.941 bits per heavy atom. The molecule has 2 aromatic carbocycles. The first-order chi connectivity index (χ1) is 16.1. The number of piperidine rings is 1. The van der Waals surface area contributed by atoms with Gasteiger partial charge in [0.05, 0.1) is 6.54 Å². The van der Waals surface area contributed by atoms with Crippen LogP contribution in [0.15, 0.2) is 54.6 Å². The zero-order chi connectivity index (χ0) is 24.4. The fraction of sp³-hybridized carbons (Fsp3) is 0.500. The van der Waals surface area contributed by atoms with Crippen LogP contribution in [0.4, 0.5) is 18.9 Å². The van der Waals surface area contributed by atoms with Crippen molar-refractivity contribution in [2.45, 2.75) is 63.3 Å². The first-order valence-corrected chi connectivity index (χ1v) is 12.2. The van der Waals surface area contributed by atoms with Crippen molar-refractivity contribution < 1.29 is 18.3 Å². The molecule has 1 fully saturated rings. The molecule has 0 amide bonds. The van der Waals surface area contributed by atoms with Gasteiger partial charge in [0, 0.05) is 18.8 Å². The molecule has 3 nitrogen and oxygen atoms in total. The first kappa shape index (κ1) is 24.8. The molecule has 184 valence electrons. The SMILES string of the molecule is CC(C)(CC(O)(CN1CC=Cc2ccccc21)C(F)(F)F)c1cccc(CN2CCCCC2)c1. The van der Waals surface area contributed by atoms with E-state index in [1.165, 1.54) is 19.3 Å². The zero-order valence-electron chi connectivity index (χ0n) is 20.1. The molecule has 2 aromatic rings. The fourth-order valence-corrected chi connectivity index (χ4v) is 5.33. The van der Waals surface area contributed by atoms with E-state index < -0.39 is 30.2 Å². The Kier molecular flexibility index (Phi) is 7.11. The molecule has 2 aliphatic heterocycles. The van der Waals surface area contributed by atoms with Gasteiger partial charge in [-0.25, -0.2) is 0 Å². The molecule has 6 heteroatoms. The van der Waals surface area contributed by atoms with Gasteiger partial charge in [0.1, 0.15) is 0 Å². The van der Waals surface area contributed by atoms with Gasteiger partial charge in [-0.2, -0.15) is 13.2 Å². The highest BCUT2D eigenvalue weighted by Crippen LogP contribution is 2.43. The summed E-state index contributed by atoms with van der Waals surface area (Å²) in [5, 5.41) is 11.2. The second-order valence-corrected chi connectivity index (χ2v) is 10.5. The number of benzene rings is 2. The lowest BCUT2D eigenvalue weighted by molar-refractivity contribution is -0.262. The number of alkyl halides is 3. The number of β-amino-alcohol motifs (C(OH)–C–C–N with tert-alkyl or cyclic N) is 1. The van der Waals surface area contributed by atoms with Crippen molar-refractivity contribution in [3.8, 4) is 0 Å². The molecule has 2 heterocycles. The Labute approximate surface area is 200 Å². The third kappa shape index (κ3) is 5.49. The van der Waals surface area contributed by atoms with E-state index in [1.54, 1.807) is 18.7 Å². The van der Waals surface area contributed by atoms with Crippen molar-refractivity contribution in [3.05, 3.63) is 71.3 Å². The van der Waals surface area contributed by atoms with Crippen molar-refractivity contribution in [1.29, 1.82) is 0 Å². The lowest BCUT2D eigenvalue weighted by atomic mass is 9.74. The summed E-state index contributed by atoms with van der Waals surface area (Å²) in [4.78, 5) is 4.04. The standard InChI is InChI=1S/C28H35F3N2O/c1-26(2,24-13-8-10-22(18-24)19-32-15-6-3-7-16-32)20-27(34,28(29,30)31)21-33-17-9-12-23-11-4-5-14-25(23)33/h4-5,8-14,18,34H,3,6-7,15-17,19-21H2,1-2H3. The number of rotatable bonds is 7. The molecule has 4 rings (SSSR count). The normalized spacial score (nSPS) is 19.1. The Morgan fingerprint density at radius 3 is 2.41 bits per heavy atom. The van der Waals surface area contributed by atoms with E-state index in [2.05, 4.69) is 4.90 Å². The number of likely N-dealkylation sites (tertiary alicyclic amines) is 1. The number of hydrogen-bond donors (Lipinski definition) is 1. The van der Waals surface area contributed by atoms with E-state index in [1.807, 2.05) is 60.7 Å². The highest BCUT2D eigenvalue weighted by Gasteiger charge is 2.56. The number of halogens is 3. The molecule has 1 N–H and O–H groups in total. The van der Waals surface area contributed by atoms with E-state index in [0.717, 1.165) is 36.3 Å². The summed E-state index contributed by atoms with van der Waals surface area (Å²) in [5.41, 5.74) is -0.205. The Morgan fingerprint density at radius 2 is 1.68 bits per heavy atom. The molecule has 1 unspecified atom stereocenters. The summed E-state index contributed by atoms with van der Waals surface area (Å²) in [5.74, 6) is 0. The maximum absolute atomic E-state index is 14.4. The van der Waals surface area contributed by atoms with Crippen LogP contribution in [0.3, 0.4) is 0 Å². The minimum atomic E-state index is -4.76. The molecule has 1 atom stereocenters. The molecule has 0 aliphatic carbocycles. The van der Waals surface area contributed by atoms with Gasteiger partial charge in [-0.3, -0.25) is 4.90 Å². The number of para-hydroxylation sites is 1. The summed E-state index contributed by atoms with van der Waals surface area (Å²) >= 11 is 0. The van der Waals surface area contributed by atoms with E-state index in [9.17, 15) is 18.3 Å². The van der Waals surface area contributed by atoms with Crippen molar-refractivity contribution in [1.82, 2.24) is 4.90 Å². The van der Waals surface area contributed by atoms with Crippen LogP contribution >= 0.6 is 0 Å². The van der Waals surface area contributed by atoms with Crippen LogP contribution in [0.5, 0.6) is 0 Å². The van der Waals surface area contributed by atoms with Crippen molar-refractivity contribution in [2.75, 3.05) is 31.1 Å². The van der Waals surface area contributed by atoms with Crippen LogP contribution in [0.2, 0.25) is 0 Å². The summed E-state index contributed by atoms with van der Waals surface area (Å²) in [6, 6.07) is 15.2. The van der Waals surface area contributed by atoms with Crippen molar-refractivity contribution in [2.24, 2.45) is 0 Å². The Balaban J connectivity index is 1.56. The predicted octanol–water partition coefficient (Wildman–Crippen LogP) is 6.17. The number of hydrogen-bond acceptors (Lipinski definition) is 3. The minimum Gasteiger partial charge on any atom is -0.379 e. The van der Waals surface area contributed by atoms with Gasteiger partial charge in [-0.15, -0.1) is 0 Å². The summed E-state index contributed by atoms with van der Waals surface area (Å²) < 4.78 is 43.1. The average molecular weight is 473 g/mol. The largest absolute Gasteiger partial charge is 0.418 e. The zero-order valence-corrected chi connectivity index (χ0v) is 20.1. The molecular weight excluding hydrogens is 437 g/mol. The third-order valence-corrected chi connectivity index (χ3v) is 7.18. The Bertz CT molecular complexity index is 1010. The number of nitrogens with zero attached hydrogens (tertiary/aromatic N) is 2. The molecule has 0 saturated carbocycles. The second kappa shape index (κ2) is 9.74. The van der Waals surface area contributed by atoms with Crippen LogP contribution in [0.25, 0.3) is 6.08 Å². The second-order valence-electron chi connectivity index (χ2n) is 10.5. The smallest absolute Gasteiger partial charge is 0.379 e. The van der Waals surface area contributed by atoms with Crippen LogP contribution in [0, 0.1) is 0 Å². The third-order valence-electron chi connectivity index (χ3n) is 7.18. The van der Waals surface area contributed by atoms with Gasteiger partial charge in [-0.05, 0) is 60.5 Å². The van der Waals surface area contributed by atoms with E-state index in [0.29, 0.717) is 12.2 Å². The topological polar surface area (TPSA) is 26.7 Å². The lowest BCUT2D eigenvalue weighted by Crippen LogP contribution is -2.56. The van der Waals surface area contributed by atoms with E-state index >= 15 is 0 Å². The van der Waals surface area contributed by atoms with Gasteiger partial charge in [0.15, 0.2) is 5.60 Å².